The van der Waals surface area contributed by atoms with E-state index in [1.54, 1.807) is 31.8 Å². The Morgan fingerprint density at radius 2 is 1.83 bits per heavy atom. The molecule has 0 N–H and O–H groups in total. The minimum atomic E-state index is 0.0137. The molecule has 1 aromatic carbocycles. The summed E-state index contributed by atoms with van der Waals surface area (Å²) in [6.07, 6.45) is 6.09. The van der Waals surface area contributed by atoms with Gasteiger partial charge < -0.3 is 19.1 Å². The van der Waals surface area contributed by atoms with Gasteiger partial charge in [0.15, 0.2) is 11.5 Å². The lowest BCUT2D eigenvalue weighted by molar-refractivity contribution is 0.0423. The molecule has 0 radical (unpaired) electrons. The predicted molar refractivity (Wildman–Crippen MR) is 116 cm³/mol. The molecule has 2 aliphatic heterocycles. The second kappa shape index (κ2) is 9.66. The zero-order chi connectivity index (χ0) is 20.9. The minimum Gasteiger partial charge on any atom is -0.493 e. The Balaban J connectivity index is 1.29. The standard InChI is InChI=1S/C22H29N3O4S/c1-27-19-5-3-4-18(20(19)28-2)21(26)25-11-6-16(7-12-25)24-13-8-17(9-14-24)29-22-23-10-15-30-22/h3-5,10,15-17H,6-9,11-14H2,1-2H3. The Bertz CT molecular complexity index is 829. The largest absolute Gasteiger partial charge is 0.493 e. The van der Waals surface area contributed by atoms with Gasteiger partial charge in [-0.2, -0.15) is 0 Å². The van der Waals surface area contributed by atoms with Gasteiger partial charge >= 0.3 is 0 Å². The third-order valence-electron chi connectivity index (χ3n) is 6.06. The van der Waals surface area contributed by atoms with Crippen LogP contribution in [0.5, 0.6) is 16.7 Å². The Labute approximate surface area is 181 Å². The van der Waals surface area contributed by atoms with Gasteiger partial charge in [-0.3, -0.25) is 9.69 Å². The maximum absolute atomic E-state index is 13.1. The second-order valence-corrected chi connectivity index (χ2v) is 8.57. The number of thiazole rings is 1. The first-order chi connectivity index (χ1) is 14.7. The molecule has 2 aromatic rings. The van der Waals surface area contributed by atoms with E-state index in [0.29, 0.717) is 23.1 Å². The second-order valence-electron chi connectivity index (χ2n) is 7.72. The number of para-hydroxylation sites is 1. The van der Waals surface area contributed by atoms with Crippen LogP contribution < -0.4 is 14.2 Å². The van der Waals surface area contributed by atoms with Crippen molar-refractivity contribution >= 4 is 17.2 Å². The quantitative estimate of drug-likeness (QED) is 0.699. The van der Waals surface area contributed by atoms with Crippen LogP contribution in [-0.2, 0) is 0 Å². The first kappa shape index (κ1) is 20.9. The number of nitrogens with zero attached hydrogens (tertiary/aromatic N) is 3. The highest BCUT2D eigenvalue weighted by atomic mass is 32.1. The van der Waals surface area contributed by atoms with E-state index >= 15 is 0 Å². The lowest BCUT2D eigenvalue weighted by Crippen LogP contribution is -2.50. The molecular formula is C22H29N3O4S. The first-order valence-corrected chi connectivity index (χ1v) is 11.4. The number of rotatable bonds is 6. The number of hydrogen-bond donors (Lipinski definition) is 0. The molecule has 2 fully saturated rings. The fourth-order valence-corrected chi connectivity index (χ4v) is 4.98. The number of benzene rings is 1. The Morgan fingerprint density at radius 1 is 1.07 bits per heavy atom. The molecule has 30 heavy (non-hydrogen) atoms. The van der Waals surface area contributed by atoms with Crippen molar-refractivity contribution in [2.75, 3.05) is 40.4 Å². The third-order valence-corrected chi connectivity index (χ3v) is 6.72. The lowest BCUT2D eigenvalue weighted by Gasteiger charge is -2.41. The molecule has 162 valence electrons. The highest BCUT2D eigenvalue weighted by molar-refractivity contribution is 7.11. The van der Waals surface area contributed by atoms with Crippen LogP contribution in [-0.4, -0.2) is 73.2 Å². The summed E-state index contributed by atoms with van der Waals surface area (Å²) in [5, 5.41) is 2.72. The summed E-state index contributed by atoms with van der Waals surface area (Å²) in [5.74, 6) is 1.11. The normalized spacial score (nSPS) is 18.9. The molecule has 0 spiro atoms. The van der Waals surface area contributed by atoms with Gasteiger partial charge in [-0.05, 0) is 37.8 Å². The van der Waals surface area contributed by atoms with Gasteiger partial charge in [0.2, 0.25) is 0 Å². The van der Waals surface area contributed by atoms with Crippen molar-refractivity contribution in [1.29, 1.82) is 0 Å². The highest BCUT2D eigenvalue weighted by Gasteiger charge is 2.31. The third kappa shape index (κ3) is 4.54. The van der Waals surface area contributed by atoms with E-state index in [9.17, 15) is 4.79 Å². The molecule has 0 aliphatic carbocycles. The molecular weight excluding hydrogens is 402 g/mol. The van der Waals surface area contributed by atoms with Crippen molar-refractivity contribution in [2.45, 2.75) is 37.8 Å². The number of methoxy groups -OCH3 is 2. The van der Waals surface area contributed by atoms with Crippen LogP contribution in [0.1, 0.15) is 36.0 Å². The average molecular weight is 432 g/mol. The van der Waals surface area contributed by atoms with Crippen molar-refractivity contribution in [1.82, 2.24) is 14.8 Å². The number of carbonyl (C=O) groups excluding carboxylic acids is 1. The van der Waals surface area contributed by atoms with Crippen molar-refractivity contribution in [3.05, 3.63) is 35.3 Å². The molecule has 0 atom stereocenters. The van der Waals surface area contributed by atoms with Gasteiger partial charge in [0.1, 0.15) is 6.10 Å². The molecule has 0 saturated carbocycles. The van der Waals surface area contributed by atoms with E-state index in [4.69, 9.17) is 14.2 Å². The van der Waals surface area contributed by atoms with Crippen molar-refractivity contribution in [3.63, 3.8) is 0 Å². The van der Waals surface area contributed by atoms with Crippen LogP contribution in [0.15, 0.2) is 29.8 Å². The molecule has 2 saturated heterocycles. The van der Waals surface area contributed by atoms with Crippen LogP contribution in [0.3, 0.4) is 0 Å². The molecule has 0 bridgehead atoms. The number of ether oxygens (including phenoxy) is 3. The van der Waals surface area contributed by atoms with Crippen LogP contribution in [0.25, 0.3) is 0 Å². The predicted octanol–water partition coefficient (Wildman–Crippen LogP) is 3.31. The molecule has 7 nitrogen and oxygen atoms in total. The van der Waals surface area contributed by atoms with Crippen molar-refractivity contribution < 1.29 is 19.0 Å². The van der Waals surface area contributed by atoms with E-state index in [-0.39, 0.29) is 12.0 Å². The zero-order valence-corrected chi connectivity index (χ0v) is 18.4. The Hall–Kier alpha value is -2.32. The molecule has 4 rings (SSSR count). The van der Waals surface area contributed by atoms with Crippen LogP contribution in [0.4, 0.5) is 0 Å². The first-order valence-electron chi connectivity index (χ1n) is 10.5. The SMILES string of the molecule is COc1cccc(C(=O)N2CCC(N3CCC(Oc4nccs4)CC3)CC2)c1OC. The van der Waals surface area contributed by atoms with Gasteiger partial charge in [-0.15, -0.1) is 0 Å². The van der Waals surface area contributed by atoms with Crippen LogP contribution >= 0.6 is 11.3 Å². The van der Waals surface area contributed by atoms with Crippen LogP contribution in [0, 0.1) is 0 Å². The summed E-state index contributed by atoms with van der Waals surface area (Å²) in [6, 6.07) is 5.98. The summed E-state index contributed by atoms with van der Waals surface area (Å²) in [6.45, 7) is 3.61. The number of amides is 1. The smallest absolute Gasteiger partial charge is 0.273 e. The van der Waals surface area contributed by atoms with Gasteiger partial charge in [0.05, 0.1) is 19.8 Å². The van der Waals surface area contributed by atoms with Crippen LogP contribution in [0.2, 0.25) is 0 Å². The number of hydrogen-bond acceptors (Lipinski definition) is 7. The molecule has 3 heterocycles. The maximum atomic E-state index is 13.1. The number of carbonyl (C=O) groups is 1. The van der Waals surface area contributed by atoms with E-state index in [1.807, 2.05) is 28.5 Å². The van der Waals surface area contributed by atoms with Crippen molar-refractivity contribution in [2.24, 2.45) is 0 Å². The summed E-state index contributed by atoms with van der Waals surface area (Å²) in [7, 11) is 3.16. The summed E-state index contributed by atoms with van der Waals surface area (Å²) < 4.78 is 16.8. The minimum absolute atomic E-state index is 0.0137. The number of likely N-dealkylation sites (tertiary alicyclic amines) is 2. The van der Waals surface area contributed by atoms with Gasteiger partial charge in [0, 0.05) is 43.8 Å². The summed E-state index contributed by atoms with van der Waals surface area (Å²) >= 11 is 1.55. The number of aromatic nitrogens is 1. The van der Waals surface area contributed by atoms with E-state index < -0.39 is 0 Å². The highest BCUT2D eigenvalue weighted by Crippen LogP contribution is 2.32. The molecule has 0 unspecified atom stereocenters. The summed E-state index contributed by atoms with van der Waals surface area (Å²) in [4.78, 5) is 21.8. The average Bonchev–Trinajstić information content (AvgIpc) is 3.31. The lowest BCUT2D eigenvalue weighted by atomic mass is 9.98. The Morgan fingerprint density at radius 3 is 2.47 bits per heavy atom. The molecule has 1 aromatic heterocycles. The topological polar surface area (TPSA) is 64.1 Å². The van der Waals surface area contributed by atoms with Crippen molar-refractivity contribution in [3.8, 4) is 16.7 Å². The van der Waals surface area contributed by atoms with Gasteiger partial charge in [-0.25, -0.2) is 4.98 Å². The van der Waals surface area contributed by atoms with Gasteiger partial charge in [-0.1, -0.05) is 17.4 Å². The van der Waals surface area contributed by atoms with E-state index in [0.717, 1.165) is 57.1 Å². The molecule has 2 aliphatic rings. The molecule has 8 heteroatoms. The number of piperidine rings is 2. The summed E-state index contributed by atoms with van der Waals surface area (Å²) in [5.41, 5.74) is 0.565. The maximum Gasteiger partial charge on any atom is 0.273 e. The van der Waals surface area contributed by atoms with E-state index in [2.05, 4.69) is 9.88 Å². The monoisotopic (exact) mass is 431 g/mol. The molecule has 1 amide bonds. The fraction of sp³-hybridized carbons (Fsp3) is 0.545. The van der Waals surface area contributed by atoms with Gasteiger partial charge in [0.25, 0.3) is 11.1 Å². The fourth-order valence-electron chi connectivity index (χ4n) is 4.43. The van der Waals surface area contributed by atoms with E-state index in [1.165, 1.54) is 0 Å². The Kier molecular flexibility index (Phi) is 6.74. The zero-order valence-electron chi connectivity index (χ0n) is 17.6.